The zero-order chi connectivity index (χ0) is 13.6. The van der Waals surface area contributed by atoms with Crippen LogP contribution in [0.2, 0.25) is 0 Å². The number of anilines is 1. The number of hydrogen-bond acceptors (Lipinski definition) is 3. The van der Waals surface area contributed by atoms with Gasteiger partial charge >= 0.3 is 5.69 Å². The van der Waals surface area contributed by atoms with Crippen molar-refractivity contribution in [3.05, 3.63) is 27.0 Å². The highest BCUT2D eigenvalue weighted by molar-refractivity contribution is 5.31. The maximum absolute atomic E-state index is 12.2. The first-order chi connectivity index (χ1) is 9.10. The lowest BCUT2D eigenvalue weighted by Gasteiger charge is -2.22. The predicted octanol–water partition coefficient (Wildman–Crippen LogP) is 1.05. The number of aromatic nitrogens is 2. The van der Waals surface area contributed by atoms with E-state index in [0.29, 0.717) is 24.9 Å². The molecule has 2 fully saturated rings. The van der Waals surface area contributed by atoms with Crippen LogP contribution in [0.25, 0.3) is 0 Å². The lowest BCUT2D eigenvalue weighted by molar-refractivity contribution is 0.286. The molecule has 2 N–H and O–H groups in total. The van der Waals surface area contributed by atoms with Crippen molar-refractivity contribution in [1.82, 2.24) is 9.13 Å². The van der Waals surface area contributed by atoms with Crippen LogP contribution in [0.1, 0.15) is 32.6 Å². The van der Waals surface area contributed by atoms with E-state index in [2.05, 4.69) is 0 Å². The Kier molecular flexibility index (Phi) is 2.99. The van der Waals surface area contributed by atoms with E-state index >= 15 is 0 Å². The van der Waals surface area contributed by atoms with E-state index in [0.717, 1.165) is 12.3 Å². The van der Waals surface area contributed by atoms with Gasteiger partial charge in [-0.3, -0.25) is 13.9 Å². The third kappa shape index (κ3) is 2.01. The number of fused-ring (bicyclic) bond motifs is 2. The van der Waals surface area contributed by atoms with Gasteiger partial charge in [-0.2, -0.15) is 0 Å². The van der Waals surface area contributed by atoms with Crippen LogP contribution in [0, 0.1) is 17.8 Å². The van der Waals surface area contributed by atoms with Gasteiger partial charge in [-0.05, 0) is 43.9 Å². The highest BCUT2D eigenvalue weighted by Gasteiger charge is 2.39. The summed E-state index contributed by atoms with van der Waals surface area (Å²) in [6.45, 7) is 2.97. The van der Waals surface area contributed by atoms with Crippen molar-refractivity contribution >= 4 is 5.69 Å². The molecule has 0 aromatic carbocycles. The van der Waals surface area contributed by atoms with Gasteiger partial charge in [-0.25, -0.2) is 4.79 Å². The zero-order valence-corrected chi connectivity index (χ0v) is 11.3. The van der Waals surface area contributed by atoms with Crippen molar-refractivity contribution in [3.8, 4) is 0 Å². The fourth-order valence-corrected chi connectivity index (χ4v) is 3.90. The maximum atomic E-state index is 12.2. The molecule has 1 aromatic rings. The van der Waals surface area contributed by atoms with Crippen LogP contribution in [-0.4, -0.2) is 9.13 Å². The van der Waals surface area contributed by atoms with Crippen LogP contribution >= 0.6 is 0 Å². The minimum atomic E-state index is -0.322. The summed E-state index contributed by atoms with van der Waals surface area (Å²) in [5, 5.41) is 0. The van der Waals surface area contributed by atoms with E-state index in [-0.39, 0.29) is 16.9 Å². The van der Waals surface area contributed by atoms with Gasteiger partial charge in [-0.15, -0.1) is 0 Å². The third-order valence-electron chi connectivity index (χ3n) is 4.91. The molecule has 3 atom stereocenters. The van der Waals surface area contributed by atoms with Crippen molar-refractivity contribution in [2.75, 3.05) is 5.73 Å². The molecule has 5 heteroatoms. The van der Waals surface area contributed by atoms with E-state index in [4.69, 9.17) is 5.73 Å². The van der Waals surface area contributed by atoms with Gasteiger partial charge in [0.05, 0.1) is 0 Å². The van der Waals surface area contributed by atoms with Crippen LogP contribution in [0.15, 0.2) is 15.8 Å². The highest BCUT2D eigenvalue weighted by atomic mass is 16.2. The summed E-state index contributed by atoms with van der Waals surface area (Å²) in [4.78, 5) is 24.3. The molecule has 0 amide bonds. The van der Waals surface area contributed by atoms with Crippen LogP contribution < -0.4 is 17.0 Å². The minimum absolute atomic E-state index is 0.171. The molecule has 0 spiro atoms. The van der Waals surface area contributed by atoms with E-state index in [9.17, 15) is 9.59 Å². The summed E-state index contributed by atoms with van der Waals surface area (Å²) in [5.41, 5.74) is 5.35. The summed E-state index contributed by atoms with van der Waals surface area (Å²) in [6.07, 6.45) is 6.49. The molecular weight excluding hydrogens is 242 g/mol. The molecule has 3 unspecified atom stereocenters. The molecule has 2 saturated carbocycles. The molecule has 5 nitrogen and oxygen atoms in total. The SMILES string of the molecule is CCn1cc(N)c(=O)n(CC2CC3CCC2C3)c1=O. The van der Waals surface area contributed by atoms with Gasteiger partial charge in [-0.1, -0.05) is 6.42 Å². The summed E-state index contributed by atoms with van der Waals surface area (Å²) >= 11 is 0. The van der Waals surface area contributed by atoms with E-state index in [1.807, 2.05) is 6.92 Å². The van der Waals surface area contributed by atoms with E-state index in [1.54, 1.807) is 0 Å². The Hall–Kier alpha value is -1.52. The quantitative estimate of drug-likeness (QED) is 0.886. The van der Waals surface area contributed by atoms with Gasteiger partial charge in [0.15, 0.2) is 0 Å². The number of rotatable bonds is 3. The molecular formula is C14H21N3O2. The number of nitrogen functional groups attached to an aromatic ring is 1. The van der Waals surface area contributed by atoms with Gasteiger partial charge < -0.3 is 5.73 Å². The molecule has 2 aliphatic rings. The molecule has 0 aliphatic heterocycles. The summed E-state index contributed by atoms with van der Waals surface area (Å²) < 4.78 is 2.87. The molecule has 1 aromatic heterocycles. The van der Waals surface area contributed by atoms with Crippen LogP contribution in [0.3, 0.4) is 0 Å². The fraction of sp³-hybridized carbons (Fsp3) is 0.714. The lowest BCUT2D eigenvalue weighted by Crippen LogP contribution is -2.42. The Bertz CT molecular complexity index is 602. The van der Waals surface area contributed by atoms with Gasteiger partial charge in [0.2, 0.25) is 0 Å². The normalized spacial score (nSPS) is 29.0. The summed E-state index contributed by atoms with van der Waals surface area (Å²) in [6, 6.07) is 0. The Morgan fingerprint density at radius 2 is 2.11 bits per heavy atom. The molecule has 19 heavy (non-hydrogen) atoms. The maximum Gasteiger partial charge on any atom is 0.331 e. The van der Waals surface area contributed by atoms with Crippen LogP contribution in [0.5, 0.6) is 0 Å². The Balaban J connectivity index is 1.94. The fourth-order valence-electron chi connectivity index (χ4n) is 3.90. The van der Waals surface area contributed by atoms with Crippen molar-refractivity contribution < 1.29 is 0 Å². The monoisotopic (exact) mass is 263 g/mol. The number of nitrogens with zero attached hydrogens (tertiary/aromatic N) is 2. The van der Waals surface area contributed by atoms with Gasteiger partial charge in [0.25, 0.3) is 5.56 Å². The number of hydrogen-bond donors (Lipinski definition) is 1. The Morgan fingerprint density at radius 1 is 1.32 bits per heavy atom. The molecule has 1 heterocycles. The molecule has 2 aliphatic carbocycles. The average Bonchev–Trinajstić information content (AvgIpc) is 3.01. The Labute approximate surface area is 112 Å². The Morgan fingerprint density at radius 3 is 2.68 bits per heavy atom. The zero-order valence-electron chi connectivity index (χ0n) is 11.3. The number of aryl methyl sites for hydroxylation is 1. The molecule has 3 rings (SSSR count). The first-order valence-corrected chi connectivity index (χ1v) is 7.20. The lowest BCUT2D eigenvalue weighted by atomic mass is 9.89. The van der Waals surface area contributed by atoms with Crippen LogP contribution in [0.4, 0.5) is 5.69 Å². The number of nitrogens with two attached hydrogens (primary N) is 1. The highest BCUT2D eigenvalue weighted by Crippen LogP contribution is 2.48. The largest absolute Gasteiger partial charge is 0.393 e. The smallest absolute Gasteiger partial charge is 0.331 e. The van der Waals surface area contributed by atoms with Crippen LogP contribution in [-0.2, 0) is 13.1 Å². The second-order valence-electron chi connectivity index (χ2n) is 6.00. The molecule has 104 valence electrons. The standard InChI is InChI=1S/C14H21N3O2/c1-2-16-8-12(15)13(18)17(14(16)19)7-11-6-9-3-4-10(11)5-9/h8-11H,2-7,15H2,1H3. The van der Waals surface area contributed by atoms with E-state index in [1.165, 1.54) is 34.6 Å². The first kappa shape index (κ1) is 12.5. The summed E-state index contributed by atoms with van der Waals surface area (Å²) in [7, 11) is 0. The van der Waals surface area contributed by atoms with Crippen molar-refractivity contribution in [2.24, 2.45) is 17.8 Å². The predicted molar refractivity (Wildman–Crippen MR) is 74.0 cm³/mol. The minimum Gasteiger partial charge on any atom is -0.393 e. The van der Waals surface area contributed by atoms with Gasteiger partial charge in [0.1, 0.15) is 5.69 Å². The average molecular weight is 263 g/mol. The topological polar surface area (TPSA) is 70.0 Å². The van der Waals surface area contributed by atoms with Crippen molar-refractivity contribution in [2.45, 2.75) is 45.7 Å². The van der Waals surface area contributed by atoms with Gasteiger partial charge in [0, 0.05) is 19.3 Å². The third-order valence-corrected chi connectivity index (χ3v) is 4.91. The first-order valence-electron chi connectivity index (χ1n) is 7.20. The summed E-state index contributed by atoms with van der Waals surface area (Å²) in [5.74, 6) is 2.00. The molecule has 0 radical (unpaired) electrons. The van der Waals surface area contributed by atoms with E-state index < -0.39 is 0 Å². The van der Waals surface area contributed by atoms with Crippen molar-refractivity contribution in [1.29, 1.82) is 0 Å². The molecule has 2 bridgehead atoms. The second kappa shape index (κ2) is 4.54. The second-order valence-corrected chi connectivity index (χ2v) is 6.00. The van der Waals surface area contributed by atoms with Crippen molar-refractivity contribution in [3.63, 3.8) is 0 Å². The molecule has 0 saturated heterocycles.